The van der Waals surface area contributed by atoms with Gasteiger partial charge in [0.15, 0.2) is 5.65 Å². The zero-order chi connectivity index (χ0) is 20.7. The van der Waals surface area contributed by atoms with E-state index >= 15 is 0 Å². The summed E-state index contributed by atoms with van der Waals surface area (Å²) >= 11 is 0. The molecule has 1 saturated carbocycles. The molecule has 0 spiro atoms. The number of carbonyl (C=O) groups is 1. The maximum absolute atomic E-state index is 13.8. The van der Waals surface area contributed by atoms with E-state index < -0.39 is 0 Å². The van der Waals surface area contributed by atoms with Gasteiger partial charge in [0, 0.05) is 23.3 Å². The predicted octanol–water partition coefficient (Wildman–Crippen LogP) is 3.64. The van der Waals surface area contributed by atoms with E-state index in [-0.39, 0.29) is 18.3 Å². The van der Waals surface area contributed by atoms with Gasteiger partial charge in [-0.05, 0) is 43.4 Å². The molecule has 3 heterocycles. The Morgan fingerprint density at radius 2 is 2.10 bits per heavy atom. The zero-order valence-corrected chi connectivity index (χ0v) is 16.5. The van der Waals surface area contributed by atoms with Crippen LogP contribution in [0.4, 0.5) is 10.1 Å². The third-order valence-corrected chi connectivity index (χ3v) is 5.36. The van der Waals surface area contributed by atoms with Gasteiger partial charge < -0.3 is 5.32 Å². The normalized spacial score (nSPS) is 13.7. The number of fused-ring (bicyclic) bond motifs is 1. The second-order valence-electron chi connectivity index (χ2n) is 7.68. The minimum atomic E-state index is -0.280. The van der Waals surface area contributed by atoms with Crippen LogP contribution in [0.3, 0.4) is 0 Å². The molecule has 0 atom stereocenters. The number of benzene rings is 1. The van der Waals surface area contributed by atoms with Crippen LogP contribution in [0.5, 0.6) is 0 Å². The number of hydrogen-bond donors (Lipinski definition) is 1. The highest BCUT2D eigenvalue weighted by molar-refractivity contribution is 5.91. The molecule has 3 aromatic heterocycles. The summed E-state index contributed by atoms with van der Waals surface area (Å²) in [7, 11) is 0. The van der Waals surface area contributed by atoms with Crippen LogP contribution in [-0.2, 0) is 17.9 Å². The van der Waals surface area contributed by atoms with Gasteiger partial charge in [-0.15, -0.1) is 0 Å². The Balaban J connectivity index is 1.30. The molecule has 1 aliphatic carbocycles. The van der Waals surface area contributed by atoms with Crippen LogP contribution in [0.25, 0.3) is 11.0 Å². The highest BCUT2D eigenvalue weighted by atomic mass is 19.1. The maximum Gasteiger partial charge on any atom is 0.246 e. The Kier molecular flexibility index (Phi) is 4.54. The van der Waals surface area contributed by atoms with Crippen molar-refractivity contribution in [3.63, 3.8) is 0 Å². The number of aromatic nitrogens is 5. The molecule has 1 fully saturated rings. The first kappa shape index (κ1) is 18.5. The van der Waals surface area contributed by atoms with Crippen molar-refractivity contribution in [2.24, 2.45) is 0 Å². The summed E-state index contributed by atoms with van der Waals surface area (Å²) in [6, 6.07) is 8.62. The summed E-state index contributed by atoms with van der Waals surface area (Å²) in [6.45, 7) is 2.31. The lowest BCUT2D eigenvalue weighted by Crippen LogP contribution is -2.19. The first-order chi connectivity index (χ1) is 14.6. The van der Waals surface area contributed by atoms with Gasteiger partial charge in [0.1, 0.15) is 12.4 Å². The number of halogens is 1. The van der Waals surface area contributed by atoms with Gasteiger partial charge in [-0.3, -0.25) is 9.48 Å². The number of anilines is 1. The van der Waals surface area contributed by atoms with Gasteiger partial charge in [0.2, 0.25) is 5.91 Å². The fourth-order valence-electron chi connectivity index (χ4n) is 3.81. The lowest BCUT2D eigenvalue weighted by Gasteiger charge is -2.05. The minimum absolute atomic E-state index is 0.0595. The third kappa shape index (κ3) is 3.56. The maximum atomic E-state index is 13.8. The van der Waals surface area contributed by atoms with Crippen LogP contribution >= 0.6 is 0 Å². The molecule has 1 amide bonds. The first-order valence-electron chi connectivity index (χ1n) is 9.96. The van der Waals surface area contributed by atoms with Crippen molar-refractivity contribution in [3.8, 4) is 0 Å². The number of aryl methyl sites for hydroxylation is 1. The van der Waals surface area contributed by atoms with E-state index in [9.17, 15) is 9.18 Å². The first-order valence-corrected chi connectivity index (χ1v) is 9.96. The molecule has 1 aliphatic rings. The van der Waals surface area contributed by atoms with Crippen molar-refractivity contribution >= 4 is 22.6 Å². The second-order valence-corrected chi connectivity index (χ2v) is 7.68. The van der Waals surface area contributed by atoms with Crippen LogP contribution in [0, 0.1) is 12.7 Å². The average Bonchev–Trinajstić information content (AvgIpc) is 3.41. The molecule has 30 heavy (non-hydrogen) atoms. The van der Waals surface area contributed by atoms with Gasteiger partial charge in [-0.1, -0.05) is 18.2 Å². The minimum Gasteiger partial charge on any atom is -0.322 e. The Labute approximate surface area is 172 Å². The van der Waals surface area contributed by atoms with Crippen molar-refractivity contribution < 1.29 is 9.18 Å². The molecule has 0 bridgehead atoms. The Bertz CT molecular complexity index is 1240. The molecule has 5 rings (SSSR count). The van der Waals surface area contributed by atoms with E-state index in [0.29, 0.717) is 23.7 Å². The van der Waals surface area contributed by atoms with Crippen LogP contribution in [-0.4, -0.2) is 30.5 Å². The van der Waals surface area contributed by atoms with Gasteiger partial charge in [-0.2, -0.15) is 10.2 Å². The number of rotatable bonds is 6. The summed E-state index contributed by atoms with van der Waals surface area (Å²) in [6.07, 6.45) is 7.41. The van der Waals surface area contributed by atoms with Crippen molar-refractivity contribution in [1.82, 2.24) is 24.5 Å². The number of carbonyl (C=O) groups excluding carboxylic acids is 1. The van der Waals surface area contributed by atoms with Crippen molar-refractivity contribution in [1.29, 1.82) is 0 Å². The van der Waals surface area contributed by atoms with Gasteiger partial charge in [0.05, 0.1) is 24.1 Å². The highest BCUT2D eigenvalue weighted by Gasteiger charge is 2.27. The molecule has 0 aliphatic heterocycles. The van der Waals surface area contributed by atoms with E-state index in [2.05, 4.69) is 26.6 Å². The number of nitrogens with zero attached hydrogens (tertiary/aromatic N) is 5. The van der Waals surface area contributed by atoms with Crippen molar-refractivity contribution in [3.05, 3.63) is 71.6 Å². The quantitative estimate of drug-likeness (QED) is 0.532. The number of amides is 1. The lowest BCUT2D eigenvalue weighted by atomic mass is 10.1. The van der Waals surface area contributed by atoms with Gasteiger partial charge in [0.25, 0.3) is 0 Å². The van der Waals surface area contributed by atoms with Crippen molar-refractivity contribution in [2.45, 2.75) is 38.8 Å². The number of pyridine rings is 1. The SMILES string of the molecule is Cc1nn(CC(=O)Nc2cnn(Cc3ccccc3F)c2)c2nccc(C3CC3)c12. The van der Waals surface area contributed by atoms with Crippen LogP contribution in [0.15, 0.2) is 48.9 Å². The third-order valence-electron chi connectivity index (χ3n) is 5.36. The molecule has 0 radical (unpaired) electrons. The Morgan fingerprint density at radius 3 is 2.90 bits per heavy atom. The Hall–Kier alpha value is -3.55. The van der Waals surface area contributed by atoms with Gasteiger partial charge >= 0.3 is 0 Å². The van der Waals surface area contributed by atoms with E-state index in [1.165, 1.54) is 24.5 Å². The van der Waals surface area contributed by atoms with Crippen molar-refractivity contribution in [2.75, 3.05) is 5.32 Å². The molecular weight excluding hydrogens is 383 g/mol. The monoisotopic (exact) mass is 404 g/mol. The Morgan fingerprint density at radius 1 is 1.27 bits per heavy atom. The summed E-state index contributed by atoms with van der Waals surface area (Å²) in [5.41, 5.74) is 4.00. The van der Waals surface area contributed by atoms with E-state index in [1.54, 1.807) is 46.2 Å². The molecule has 1 aromatic carbocycles. The summed E-state index contributed by atoms with van der Waals surface area (Å²) < 4.78 is 17.1. The topological polar surface area (TPSA) is 77.6 Å². The van der Waals surface area contributed by atoms with E-state index in [4.69, 9.17) is 0 Å². The summed E-state index contributed by atoms with van der Waals surface area (Å²) in [5.74, 6) is 0.0852. The lowest BCUT2D eigenvalue weighted by molar-refractivity contribution is -0.116. The number of hydrogen-bond acceptors (Lipinski definition) is 4. The fraction of sp³-hybridized carbons (Fsp3) is 0.273. The standard InChI is InChI=1S/C22H21FN6O/c1-14-21-18(15-6-7-15)8-9-24-22(21)29(27-14)13-20(30)26-17-10-25-28(12-17)11-16-4-2-3-5-19(16)23/h2-5,8-10,12,15H,6-7,11,13H2,1H3,(H,26,30). The second kappa shape index (κ2) is 7.37. The molecule has 0 unspecified atom stereocenters. The molecular formula is C22H21FN6O. The van der Waals surface area contributed by atoms with E-state index in [1.807, 2.05) is 6.92 Å². The van der Waals surface area contributed by atoms with Crippen LogP contribution in [0.1, 0.15) is 35.6 Å². The molecule has 4 aromatic rings. The predicted molar refractivity (Wildman–Crippen MR) is 111 cm³/mol. The highest BCUT2D eigenvalue weighted by Crippen LogP contribution is 2.43. The molecule has 7 nitrogen and oxygen atoms in total. The fourth-order valence-corrected chi connectivity index (χ4v) is 3.81. The van der Waals surface area contributed by atoms with Crippen LogP contribution in [0.2, 0.25) is 0 Å². The van der Waals surface area contributed by atoms with Gasteiger partial charge in [-0.25, -0.2) is 14.1 Å². The molecule has 8 heteroatoms. The molecule has 1 N–H and O–H groups in total. The summed E-state index contributed by atoms with van der Waals surface area (Å²) in [5, 5.41) is 12.6. The molecule has 0 saturated heterocycles. The smallest absolute Gasteiger partial charge is 0.246 e. The number of nitrogens with one attached hydrogen (secondary N) is 1. The van der Waals surface area contributed by atoms with E-state index in [0.717, 1.165) is 16.7 Å². The average molecular weight is 404 g/mol. The zero-order valence-electron chi connectivity index (χ0n) is 16.5. The van der Waals surface area contributed by atoms with Crippen LogP contribution < -0.4 is 5.32 Å². The molecule has 152 valence electrons. The summed E-state index contributed by atoms with van der Waals surface area (Å²) in [4.78, 5) is 17.1. The largest absolute Gasteiger partial charge is 0.322 e.